The molecule has 86 valence electrons. The summed E-state index contributed by atoms with van der Waals surface area (Å²) >= 11 is 0. The van der Waals surface area contributed by atoms with Crippen LogP contribution in [0.3, 0.4) is 0 Å². The lowest BCUT2D eigenvalue weighted by atomic mass is 9.80. The minimum Gasteiger partial charge on any atom is -0.295 e. The number of Topliss-reactive ketones (excluding diaryl/α,β-unsaturated/α-hetero) is 1. The van der Waals surface area contributed by atoms with Crippen LogP contribution in [0.25, 0.3) is 0 Å². The van der Waals surface area contributed by atoms with Crippen molar-refractivity contribution in [2.24, 2.45) is 11.8 Å². The summed E-state index contributed by atoms with van der Waals surface area (Å²) in [5.74, 6) is -0.638. The van der Waals surface area contributed by atoms with Gasteiger partial charge in [-0.2, -0.15) is 13.2 Å². The van der Waals surface area contributed by atoms with Gasteiger partial charge in [-0.3, -0.25) is 4.79 Å². The smallest absolute Gasteiger partial charge is 0.295 e. The van der Waals surface area contributed by atoms with Gasteiger partial charge in [0, 0.05) is 12.8 Å². The number of ketones is 1. The molecule has 0 aromatic heterocycles. The van der Waals surface area contributed by atoms with Crippen molar-refractivity contribution >= 4 is 5.78 Å². The Kier molecular flexibility index (Phi) is 3.58. The van der Waals surface area contributed by atoms with Gasteiger partial charge in [-0.25, -0.2) is 0 Å². The maximum Gasteiger partial charge on any atom is 0.389 e. The third-order valence-corrected chi connectivity index (χ3v) is 2.97. The molecule has 0 N–H and O–H groups in total. The fourth-order valence-corrected chi connectivity index (χ4v) is 1.89. The first-order valence-electron chi connectivity index (χ1n) is 5.06. The Morgan fingerprint density at radius 2 is 2.13 bits per heavy atom. The van der Waals surface area contributed by atoms with E-state index in [0.29, 0.717) is 12.0 Å². The number of halogens is 3. The fraction of sp³-hybridized carbons (Fsp3) is 0.727. The molecular weight excluding hydrogens is 205 g/mol. The monoisotopic (exact) mass is 220 g/mol. The van der Waals surface area contributed by atoms with Crippen molar-refractivity contribution in [3.8, 4) is 0 Å². The maximum absolute atomic E-state index is 12.1. The van der Waals surface area contributed by atoms with Crippen LogP contribution in [0.1, 0.15) is 33.1 Å². The van der Waals surface area contributed by atoms with Gasteiger partial charge >= 0.3 is 6.18 Å². The minimum absolute atomic E-state index is 0.0136. The molecule has 15 heavy (non-hydrogen) atoms. The Hall–Kier alpha value is -0.800. The van der Waals surface area contributed by atoms with Crippen LogP contribution in [-0.2, 0) is 4.79 Å². The lowest BCUT2D eigenvalue weighted by Crippen LogP contribution is -2.24. The molecule has 0 amide bonds. The van der Waals surface area contributed by atoms with Crippen LogP contribution in [0.2, 0.25) is 0 Å². The molecule has 2 atom stereocenters. The number of hydrogen-bond donors (Lipinski definition) is 0. The van der Waals surface area contributed by atoms with Crippen LogP contribution >= 0.6 is 0 Å². The highest BCUT2D eigenvalue weighted by Gasteiger charge is 2.34. The Labute approximate surface area is 87.4 Å². The molecule has 0 heterocycles. The van der Waals surface area contributed by atoms with E-state index in [2.05, 4.69) is 0 Å². The summed E-state index contributed by atoms with van der Waals surface area (Å²) in [6.45, 7) is 3.28. The standard InChI is InChI=1S/C11H15F3O/c1-7-3-4-9(5-10(7)15)8(2)6-11(12,13)14/h3,8-9H,4-6H2,1-2H3/t8?,9-/m1/s1. The van der Waals surface area contributed by atoms with E-state index in [4.69, 9.17) is 0 Å². The number of carbonyl (C=O) groups excluding carboxylic acids is 1. The second kappa shape index (κ2) is 4.37. The zero-order valence-electron chi connectivity index (χ0n) is 8.90. The summed E-state index contributed by atoms with van der Waals surface area (Å²) in [6, 6.07) is 0. The highest BCUT2D eigenvalue weighted by molar-refractivity contribution is 5.95. The average Bonchev–Trinajstić information content (AvgIpc) is 2.06. The van der Waals surface area contributed by atoms with Gasteiger partial charge in [-0.05, 0) is 30.8 Å². The summed E-state index contributed by atoms with van der Waals surface area (Å²) in [6.07, 6.45) is -2.31. The first-order valence-corrected chi connectivity index (χ1v) is 5.06. The van der Waals surface area contributed by atoms with Crippen molar-refractivity contribution in [2.75, 3.05) is 0 Å². The Morgan fingerprint density at radius 1 is 1.53 bits per heavy atom. The Balaban J connectivity index is 2.56. The van der Waals surface area contributed by atoms with E-state index in [9.17, 15) is 18.0 Å². The Morgan fingerprint density at radius 3 is 2.60 bits per heavy atom. The van der Waals surface area contributed by atoms with Crippen LogP contribution in [0.5, 0.6) is 0 Å². The Bertz CT molecular complexity index is 278. The highest BCUT2D eigenvalue weighted by atomic mass is 19.4. The molecule has 0 aliphatic heterocycles. The number of rotatable bonds is 2. The lowest BCUT2D eigenvalue weighted by molar-refractivity contribution is -0.148. The van der Waals surface area contributed by atoms with Crippen LogP contribution in [0.15, 0.2) is 11.6 Å². The molecular formula is C11H15F3O. The van der Waals surface area contributed by atoms with Gasteiger partial charge in [0.05, 0.1) is 0 Å². The molecule has 1 aliphatic rings. The van der Waals surface area contributed by atoms with Gasteiger partial charge < -0.3 is 0 Å². The molecule has 0 saturated carbocycles. The lowest BCUT2D eigenvalue weighted by Gasteiger charge is -2.26. The zero-order chi connectivity index (χ0) is 11.6. The van der Waals surface area contributed by atoms with E-state index in [1.54, 1.807) is 19.9 Å². The van der Waals surface area contributed by atoms with Gasteiger partial charge in [-0.1, -0.05) is 13.0 Å². The number of carbonyl (C=O) groups is 1. The van der Waals surface area contributed by atoms with Crippen molar-refractivity contribution < 1.29 is 18.0 Å². The van der Waals surface area contributed by atoms with Gasteiger partial charge in [-0.15, -0.1) is 0 Å². The zero-order valence-corrected chi connectivity index (χ0v) is 8.90. The molecule has 1 unspecified atom stereocenters. The van der Waals surface area contributed by atoms with Crippen molar-refractivity contribution in [2.45, 2.75) is 39.3 Å². The van der Waals surface area contributed by atoms with Crippen molar-refractivity contribution in [1.29, 1.82) is 0 Å². The SMILES string of the molecule is CC1=CC[C@@H](C(C)CC(F)(F)F)CC1=O. The quantitative estimate of drug-likeness (QED) is 0.696. The minimum atomic E-state index is -4.13. The van der Waals surface area contributed by atoms with Gasteiger partial charge in [0.25, 0.3) is 0 Å². The third-order valence-electron chi connectivity index (χ3n) is 2.97. The van der Waals surface area contributed by atoms with E-state index in [0.717, 1.165) is 0 Å². The first-order chi connectivity index (χ1) is 6.79. The van der Waals surface area contributed by atoms with E-state index in [-0.39, 0.29) is 18.1 Å². The predicted octanol–water partition coefficient (Wildman–Crippen LogP) is 3.50. The molecule has 1 nitrogen and oxygen atoms in total. The number of allylic oxidation sites excluding steroid dienone is 2. The summed E-state index contributed by atoms with van der Waals surface area (Å²) in [7, 11) is 0. The maximum atomic E-state index is 12.1. The first kappa shape index (κ1) is 12.3. The average molecular weight is 220 g/mol. The molecule has 0 bridgehead atoms. The molecule has 0 aromatic rings. The van der Waals surface area contributed by atoms with Gasteiger partial charge in [0.2, 0.25) is 0 Å². The molecule has 0 saturated heterocycles. The summed E-state index contributed by atoms with van der Waals surface area (Å²) < 4.78 is 36.4. The third kappa shape index (κ3) is 3.68. The van der Waals surface area contributed by atoms with Crippen molar-refractivity contribution in [3.05, 3.63) is 11.6 Å². The molecule has 1 aliphatic carbocycles. The molecule has 0 radical (unpaired) electrons. The molecule has 0 aromatic carbocycles. The molecule has 0 spiro atoms. The fourth-order valence-electron chi connectivity index (χ4n) is 1.89. The van der Waals surface area contributed by atoms with Crippen LogP contribution < -0.4 is 0 Å². The number of hydrogen-bond acceptors (Lipinski definition) is 1. The van der Waals surface area contributed by atoms with Gasteiger partial charge in [0.1, 0.15) is 0 Å². The summed E-state index contributed by atoms with van der Waals surface area (Å²) in [5.41, 5.74) is 0.686. The van der Waals surface area contributed by atoms with E-state index in [1.807, 2.05) is 0 Å². The molecule has 1 rings (SSSR count). The summed E-state index contributed by atoms with van der Waals surface area (Å²) in [4.78, 5) is 11.3. The molecule has 4 heteroatoms. The predicted molar refractivity (Wildman–Crippen MR) is 51.3 cm³/mol. The van der Waals surface area contributed by atoms with Crippen LogP contribution in [-0.4, -0.2) is 12.0 Å². The summed E-state index contributed by atoms with van der Waals surface area (Å²) in [5, 5.41) is 0. The normalized spacial score (nSPS) is 25.0. The highest BCUT2D eigenvalue weighted by Crippen LogP contribution is 2.34. The number of alkyl halides is 3. The topological polar surface area (TPSA) is 17.1 Å². The van der Waals surface area contributed by atoms with Crippen molar-refractivity contribution in [3.63, 3.8) is 0 Å². The second-order valence-corrected chi connectivity index (χ2v) is 4.31. The van der Waals surface area contributed by atoms with Gasteiger partial charge in [0.15, 0.2) is 5.78 Å². The van der Waals surface area contributed by atoms with Crippen LogP contribution in [0, 0.1) is 11.8 Å². The van der Waals surface area contributed by atoms with Crippen LogP contribution in [0.4, 0.5) is 13.2 Å². The largest absolute Gasteiger partial charge is 0.389 e. The molecule has 0 fully saturated rings. The van der Waals surface area contributed by atoms with E-state index in [1.165, 1.54) is 0 Å². The van der Waals surface area contributed by atoms with E-state index < -0.39 is 18.5 Å². The van der Waals surface area contributed by atoms with Crippen molar-refractivity contribution in [1.82, 2.24) is 0 Å². The second-order valence-electron chi connectivity index (χ2n) is 4.31. The van der Waals surface area contributed by atoms with E-state index >= 15 is 0 Å².